The summed E-state index contributed by atoms with van der Waals surface area (Å²) in [6.45, 7) is -1.41. The molecule has 298 valence electrons. The lowest BCUT2D eigenvalue weighted by Crippen LogP contribution is -2.62. The molecule has 1 fully saturated rings. The van der Waals surface area contributed by atoms with Gasteiger partial charge in [0.25, 0.3) is 0 Å². The standard InChI is InChI=1S/C33H50N8O12.2H2/c1-18(46)27-33(53)40-25(17-45)32(52)38-21(29(49)39-24(16-44)31(51)36-20(14-42)13-19-7-3-2-4-8-19)9-5-6-12-35-26(47)11-10-22(30(50)41-27)37-23(15-43)28(34)48;;/h2-4,7-8,14,18,20-25,27,37,43-46H,5-6,9-13,15-17H2,1H3,(H2,34,48)(H,35,47)(H,36,51)(H,38,52)(H,39,49)(H,40,53)(H,41,50);2*1H/t18-,20+,21?,22?,23+,24+,25+,27+;;/m1../s1. The number of nitrogens with one attached hydrogen (secondary N) is 7. The summed E-state index contributed by atoms with van der Waals surface area (Å²) in [5, 5.41) is 56.6. The van der Waals surface area contributed by atoms with Crippen LogP contribution in [0.1, 0.15) is 47.4 Å². The van der Waals surface area contributed by atoms with Gasteiger partial charge in [0.2, 0.25) is 41.4 Å². The number of rotatable bonds is 14. The first-order valence-electron chi connectivity index (χ1n) is 17.1. The Labute approximate surface area is 308 Å². The Hall–Kier alpha value is -5.02. The molecule has 1 saturated heterocycles. The zero-order chi connectivity index (χ0) is 39.5. The Balaban J connectivity index is 0.0000146. The molecule has 0 spiro atoms. The highest BCUT2D eigenvalue weighted by Crippen LogP contribution is 2.07. The van der Waals surface area contributed by atoms with E-state index in [1.54, 1.807) is 30.3 Å². The van der Waals surface area contributed by atoms with Gasteiger partial charge in [-0.1, -0.05) is 30.3 Å². The van der Waals surface area contributed by atoms with E-state index in [0.717, 1.165) is 12.5 Å². The fourth-order valence-corrected chi connectivity index (χ4v) is 5.23. The maximum absolute atomic E-state index is 13.4. The number of amides is 7. The largest absolute Gasteiger partial charge is 0.394 e. The number of hydrogen-bond acceptors (Lipinski definition) is 13. The van der Waals surface area contributed by atoms with Gasteiger partial charge in [0.15, 0.2) is 0 Å². The van der Waals surface area contributed by atoms with Gasteiger partial charge in [-0.05, 0) is 44.6 Å². The van der Waals surface area contributed by atoms with Gasteiger partial charge in [-0.25, -0.2) is 0 Å². The molecule has 13 N–H and O–H groups in total. The molecule has 0 aliphatic carbocycles. The van der Waals surface area contributed by atoms with Gasteiger partial charge in [-0.3, -0.25) is 38.9 Å². The molecule has 2 rings (SSSR count). The van der Waals surface area contributed by atoms with Crippen LogP contribution in [0.5, 0.6) is 0 Å². The second-order valence-electron chi connectivity index (χ2n) is 12.5. The van der Waals surface area contributed by atoms with Gasteiger partial charge in [0.1, 0.15) is 36.5 Å². The molecule has 20 nitrogen and oxygen atoms in total. The van der Waals surface area contributed by atoms with Crippen LogP contribution in [-0.2, 0) is 44.8 Å². The van der Waals surface area contributed by atoms with Gasteiger partial charge >= 0.3 is 0 Å². The lowest BCUT2D eigenvalue weighted by atomic mass is 10.0. The second kappa shape index (κ2) is 22.8. The summed E-state index contributed by atoms with van der Waals surface area (Å²) in [4.78, 5) is 102. The topological polar surface area (TPSA) is 328 Å². The zero-order valence-electron chi connectivity index (χ0n) is 29.3. The predicted molar refractivity (Wildman–Crippen MR) is 189 cm³/mol. The summed E-state index contributed by atoms with van der Waals surface area (Å²) in [7, 11) is 0. The molecular formula is C33H54N8O12. The van der Waals surface area contributed by atoms with Crippen molar-refractivity contribution >= 4 is 47.6 Å². The summed E-state index contributed by atoms with van der Waals surface area (Å²) in [6.07, 6.45) is -1.01. The number of aldehydes is 1. The van der Waals surface area contributed by atoms with Crippen molar-refractivity contribution in [1.82, 2.24) is 37.2 Å². The number of primary amides is 1. The van der Waals surface area contributed by atoms with Crippen LogP contribution in [-0.4, -0.2) is 143 Å². The summed E-state index contributed by atoms with van der Waals surface area (Å²) in [6, 6.07) is -1.32. The van der Waals surface area contributed by atoms with Crippen molar-refractivity contribution < 1.29 is 61.6 Å². The molecule has 7 amide bonds. The van der Waals surface area contributed by atoms with Crippen LogP contribution in [0.25, 0.3) is 0 Å². The van der Waals surface area contributed by atoms with Crippen LogP contribution in [0.15, 0.2) is 30.3 Å². The fourth-order valence-electron chi connectivity index (χ4n) is 5.23. The number of aliphatic hydroxyl groups excluding tert-OH is 4. The number of hydrogen-bond donors (Lipinski definition) is 12. The molecule has 53 heavy (non-hydrogen) atoms. The van der Waals surface area contributed by atoms with E-state index < -0.39 is 110 Å². The molecule has 1 aromatic carbocycles. The minimum Gasteiger partial charge on any atom is -0.394 e. The summed E-state index contributed by atoms with van der Waals surface area (Å²) < 4.78 is 0. The first-order valence-corrected chi connectivity index (χ1v) is 17.1. The molecule has 1 heterocycles. The SMILES string of the molecule is C[C@@H](O)[C@@H]1NC(=O)C(N[C@@H](CO)C(N)=O)CCC(=O)NCCCCC(C(=O)N[C@@H](CO)C(=O)N[C@H](C=O)Cc2ccccc2)NC(=O)[C@H](CO)NC1=O.[HH].[HH]. The van der Waals surface area contributed by atoms with Crippen LogP contribution in [0.4, 0.5) is 0 Å². The molecule has 20 heteroatoms. The van der Waals surface area contributed by atoms with E-state index >= 15 is 0 Å². The molecule has 0 aromatic heterocycles. The number of carbonyl (C=O) groups is 8. The van der Waals surface area contributed by atoms with E-state index in [1.165, 1.54) is 0 Å². The number of benzene rings is 1. The fraction of sp³-hybridized carbons (Fsp3) is 0.576. The van der Waals surface area contributed by atoms with Crippen molar-refractivity contribution in [2.24, 2.45) is 5.73 Å². The Morgan fingerprint density at radius 3 is 2.19 bits per heavy atom. The number of aliphatic hydroxyl groups is 4. The maximum Gasteiger partial charge on any atom is 0.245 e. The first-order chi connectivity index (χ1) is 25.2. The molecular weight excluding hydrogens is 700 g/mol. The van der Waals surface area contributed by atoms with Crippen molar-refractivity contribution in [1.29, 1.82) is 0 Å². The Morgan fingerprint density at radius 2 is 1.60 bits per heavy atom. The monoisotopic (exact) mass is 754 g/mol. The van der Waals surface area contributed by atoms with Crippen molar-refractivity contribution in [3.8, 4) is 0 Å². The maximum atomic E-state index is 13.4. The van der Waals surface area contributed by atoms with E-state index in [4.69, 9.17) is 5.73 Å². The number of nitrogens with two attached hydrogens (primary N) is 1. The molecule has 1 aromatic rings. The van der Waals surface area contributed by atoms with Gasteiger partial charge < -0.3 is 62.9 Å². The third-order valence-electron chi connectivity index (χ3n) is 8.26. The van der Waals surface area contributed by atoms with Gasteiger partial charge in [-0.15, -0.1) is 0 Å². The third-order valence-corrected chi connectivity index (χ3v) is 8.26. The lowest BCUT2D eigenvalue weighted by Gasteiger charge is -2.28. The summed E-state index contributed by atoms with van der Waals surface area (Å²) in [5.74, 6) is -6.49. The van der Waals surface area contributed by atoms with E-state index in [0.29, 0.717) is 6.29 Å². The molecule has 1 aliphatic rings. The molecule has 0 radical (unpaired) electrons. The van der Waals surface area contributed by atoms with Crippen molar-refractivity contribution in [3.63, 3.8) is 0 Å². The zero-order valence-corrected chi connectivity index (χ0v) is 29.3. The molecule has 0 saturated carbocycles. The van der Waals surface area contributed by atoms with Gasteiger partial charge in [0.05, 0.1) is 38.0 Å². The lowest BCUT2D eigenvalue weighted by molar-refractivity contribution is -0.137. The second-order valence-corrected chi connectivity index (χ2v) is 12.5. The van der Waals surface area contributed by atoms with Crippen molar-refractivity contribution in [2.75, 3.05) is 26.4 Å². The minimum absolute atomic E-state index is 0. The van der Waals surface area contributed by atoms with E-state index in [2.05, 4.69) is 37.2 Å². The van der Waals surface area contributed by atoms with Gasteiger partial charge in [-0.2, -0.15) is 0 Å². The van der Waals surface area contributed by atoms with Crippen molar-refractivity contribution in [3.05, 3.63) is 35.9 Å². The van der Waals surface area contributed by atoms with E-state index in [1.807, 2.05) is 0 Å². The summed E-state index contributed by atoms with van der Waals surface area (Å²) >= 11 is 0. The summed E-state index contributed by atoms with van der Waals surface area (Å²) in [5.41, 5.74) is 6.01. The molecule has 1 aliphatic heterocycles. The Morgan fingerprint density at radius 1 is 0.925 bits per heavy atom. The average molecular weight is 755 g/mol. The molecule has 2 unspecified atom stereocenters. The van der Waals surface area contributed by atoms with Crippen LogP contribution < -0.4 is 43.0 Å². The van der Waals surface area contributed by atoms with Crippen LogP contribution >= 0.6 is 0 Å². The molecule has 0 bridgehead atoms. The predicted octanol–water partition coefficient (Wildman–Crippen LogP) is -5.41. The van der Waals surface area contributed by atoms with Crippen LogP contribution in [0, 0.1) is 0 Å². The van der Waals surface area contributed by atoms with E-state index in [-0.39, 0.29) is 47.9 Å². The van der Waals surface area contributed by atoms with Crippen LogP contribution in [0.3, 0.4) is 0 Å². The van der Waals surface area contributed by atoms with E-state index in [9.17, 15) is 58.8 Å². The smallest absolute Gasteiger partial charge is 0.245 e. The average Bonchev–Trinajstić information content (AvgIpc) is 3.13. The Kier molecular flexibility index (Phi) is 19.0. The highest BCUT2D eigenvalue weighted by molar-refractivity contribution is 5.96. The highest BCUT2D eigenvalue weighted by atomic mass is 16.3. The molecule has 8 atom stereocenters. The third kappa shape index (κ3) is 14.9. The first kappa shape index (κ1) is 44.1. The highest BCUT2D eigenvalue weighted by Gasteiger charge is 2.35. The normalized spacial score (nSPS) is 23.2. The minimum atomic E-state index is -1.73. The van der Waals surface area contributed by atoms with Crippen LogP contribution in [0.2, 0.25) is 0 Å². The Bertz CT molecular complexity index is 1430. The van der Waals surface area contributed by atoms with Gasteiger partial charge in [0, 0.05) is 15.8 Å². The van der Waals surface area contributed by atoms with Crippen molar-refractivity contribution in [2.45, 2.75) is 93.8 Å². The number of carbonyl (C=O) groups excluding carboxylic acids is 8. The quantitative estimate of drug-likeness (QED) is 0.0791.